The molecule has 4 heterocycles. The average Bonchev–Trinajstić information content (AvgIpc) is 3.71. The van der Waals surface area contributed by atoms with Crippen molar-refractivity contribution < 1.29 is 9.47 Å². The van der Waals surface area contributed by atoms with Crippen LogP contribution in [0.2, 0.25) is 0 Å². The Balaban J connectivity index is 1.12. The van der Waals surface area contributed by atoms with Crippen molar-refractivity contribution in [1.82, 2.24) is 9.55 Å². The summed E-state index contributed by atoms with van der Waals surface area (Å²) in [5.41, 5.74) is 11.8. The summed E-state index contributed by atoms with van der Waals surface area (Å²) in [4.78, 5) is 10.4. The van der Waals surface area contributed by atoms with Gasteiger partial charge in [-0.2, -0.15) is 0 Å². The minimum Gasteiger partial charge on any atom is -0.469 e. The summed E-state index contributed by atoms with van der Waals surface area (Å²) in [6.45, 7) is 13.3. The summed E-state index contributed by atoms with van der Waals surface area (Å²) < 4.78 is 16.2. The molecule has 0 amide bonds. The molecular weight excluding hydrogens is 699 g/mol. The molecule has 0 saturated heterocycles. The standard InChI is InChI=1S/C52H45N3O2/c1-32-25-41-40-27-33(2)45(31-44(40)55-47(41)43(26-32)51(3,4)42-23-16-24-53-49(42)55)56-39-29-37(34-17-10-7-11-18-34)28-38(30-39)50-54-48(52(5,6)57-50)46(35-19-12-8-13-20-35)36-21-14-9-15-22-36/h7-31,46,48H,1-6H3/t48-/m1/s1. The molecule has 5 nitrogen and oxygen atoms in total. The van der Waals surface area contributed by atoms with Crippen molar-refractivity contribution in [3.63, 3.8) is 0 Å². The summed E-state index contributed by atoms with van der Waals surface area (Å²) >= 11 is 0. The Hall–Kier alpha value is -6.46. The molecule has 57 heavy (non-hydrogen) atoms. The zero-order chi connectivity index (χ0) is 39.1. The Labute approximate surface area is 334 Å². The second-order valence-corrected chi connectivity index (χ2v) is 16.8. The van der Waals surface area contributed by atoms with Gasteiger partial charge in [0.05, 0.1) is 11.0 Å². The van der Waals surface area contributed by atoms with Crippen LogP contribution in [0.3, 0.4) is 0 Å². The van der Waals surface area contributed by atoms with Gasteiger partial charge in [-0.25, -0.2) is 9.98 Å². The van der Waals surface area contributed by atoms with Gasteiger partial charge in [-0.3, -0.25) is 4.57 Å². The maximum atomic E-state index is 7.00. The van der Waals surface area contributed by atoms with Gasteiger partial charge < -0.3 is 9.47 Å². The normalized spacial score (nSPS) is 16.4. The van der Waals surface area contributed by atoms with E-state index >= 15 is 0 Å². The van der Waals surface area contributed by atoms with Crippen LogP contribution in [0.5, 0.6) is 11.5 Å². The summed E-state index contributed by atoms with van der Waals surface area (Å²) in [5, 5.41) is 2.44. The molecule has 6 aromatic carbocycles. The third-order valence-corrected chi connectivity index (χ3v) is 12.1. The minimum absolute atomic E-state index is 0.00963. The maximum absolute atomic E-state index is 7.00. The first-order valence-electron chi connectivity index (χ1n) is 19.9. The third kappa shape index (κ3) is 5.75. The zero-order valence-electron chi connectivity index (χ0n) is 33.2. The first-order valence-corrected chi connectivity index (χ1v) is 19.9. The van der Waals surface area contributed by atoms with Crippen molar-refractivity contribution in [2.24, 2.45) is 4.99 Å². The van der Waals surface area contributed by atoms with E-state index in [1.807, 2.05) is 18.3 Å². The molecule has 280 valence electrons. The third-order valence-electron chi connectivity index (χ3n) is 12.1. The second-order valence-electron chi connectivity index (χ2n) is 16.8. The van der Waals surface area contributed by atoms with E-state index in [1.165, 1.54) is 44.1 Å². The summed E-state index contributed by atoms with van der Waals surface area (Å²) in [5.74, 6) is 3.11. The van der Waals surface area contributed by atoms with Crippen molar-refractivity contribution in [3.05, 3.63) is 191 Å². The first-order chi connectivity index (χ1) is 27.6. The zero-order valence-corrected chi connectivity index (χ0v) is 33.2. The lowest BCUT2D eigenvalue weighted by atomic mass is 9.75. The highest BCUT2D eigenvalue weighted by atomic mass is 16.5. The predicted molar refractivity (Wildman–Crippen MR) is 232 cm³/mol. The Morgan fingerprint density at radius 2 is 1.32 bits per heavy atom. The Morgan fingerprint density at radius 3 is 2.02 bits per heavy atom. The van der Waals surface area contributed by atoms with E-state index in [-0.39, 0.29) is 17.4 Å². The molecule has 0 bridgehead atoms. The molecule has 0 N–H and O–H groups in total. The second kappa shape index (κ2) is 13.1. The molecule has 0 spiro atoms. The number of pyridine rings is 1. The van der Waals surface area contributed by atoms with Crippen molar-refractivity contribution in [2.75, 3.05) is 0 Å². The van der Waals surface area contributed by atoms with Gasteiger partial charge in [-0.05, 0) is 97.5 Å². The van der Waals surface area contributed by atoms with Gasteiger partial charge in [0.2, 0.25) is 5.90 Å². The smallest absolute Gasteiger partial charge is 0.217 e. The van der Waals surface area contributed by atoms with E-state index in [0.29, 0.717) is 5.90 Å². The van der Waals surface area contributed by atoms with Gasteiger partial charge in [0.15, 0.2) is 0 Å². The van der Waals surface area contributed by atoms with E-state index in [4.69, 9.17) is 19.5 Å². The molecule has 2 aliphatic rings. The van der Waals surface area contributed by atoms with Crippen LogP contribution in [0.1, 0.15) is 72.6 Å². The minimum atomic E-state index is -0.578. The molecule has 10 rings (SSSR count). The monoisotopic (exact) mass is 743 g/mol. The number of benzene rings is 6. The van der Waals surface area contributed by atoms with Gasteiger partial charge in [-0.1, -0.05) is 123 Å². The SMILES string of the molecule is Cc1cc2c3c(c1)c1cc(C)c(Oc4cc(C5=N[C@H](C(c6ccccc6)c6ccccc6)C(C)(C)O5)cc(-c5ccccc5)c4)cc1n3-c1ncccc1C2(C)C. The largest absolute Gasteiger partial charge is 0.469 e. The van der Waals surface area contributed by atoms with Crippen molar-refractivity contribution in [1.29, 1.82) is 0 Å². The van der Waals surface area contributed by atoms with E-state index in [9.17, 15) is 0 Å². The molecule has 8 aromatic rings. The Morgan fingerprint density at radius 1 is 0.649 bits per heavy atom. The topological polar surface area (TPSA) is 48.6 Å². The van der Waals surface area contributed by atoms with Crippen molar-refractivity contribution in [2.45, 2.75) is 64.5 Å². The molecule has 5 heteroatoms. The van der Waals surface area contributed by atoms with Crippen LogP contribution in [-0.4, -0.2) is 27.1 Å². The van der Waals surface area contributed by atoms with Gasteiger partial charge in [-0.15, -0.1) is 0 Å². The molecule has 0 unspecified atom stereocenters. The quantitative estimate of drug-likeness (QED) is 0.163. The van der Waals surface area contributed by atoms with Crippen molar-refractivity contribution >= 4 is 27.7 Å². The highest BCUT2D eigenvalue weighted by Gasteiger charge is 2.45. The van der Waals surface area contributed by atoms with Crippen LogP contribution in [-0.2, 0) is 10.2 Å². The lowest BCUT2D eigenvalue weighted by molar-refractivity contribution is 0.0916. The number of hydrogen-bond donors (Lipinski definition) is 0. The van der Waals surface area contributed by atoms with E-state index in [1.54, 1.807) is 0 Å². The summed E-state index contributed by atoms with van der Waals surface area (Å²) in [6, 6.07) is 51.4. The number of ether oxygens (including phenoxy) is 2. The van der Waals surface area contributed by atoms with Crippen LogP contribution in [0.4, 0.5) is 0 Å². The van der Waals surface area contributed by atoms with Crippen LogP contribution >= 0.6 is 0 Å². The molecule has 2 aromatic heterocycles. The van der Waals surface area contributed by atoms with Crippen LogP contribution in [0.15, 0.2) is 157 Å². The maximum Gasteiger partial charge on any atom is 0.217 e. The molecule has 1 atom stereocenters. The molecule has 2 aliphatic heterocycles. The lowest BCUT2D eigenvalue weighted by Gasteiger charge is -2.34. The first kappa shape index (κ1) is 35.0. The predicted octanol–water partition coefficient (Wildman–Crippen LogP) is 12.7. The molecule has 0 saturated carbocycles. The van der Waals surface area contributed by atoms with Crippen LogP contribution in [0, 0.1) is 13.8 Å². The molecule has 0 fully saturated rings. The number of rotatable bonds is 7. The van der Waals surface area contributed by atoms with Gasteiger partial charge in [0.25, 0.3) is 0 Å². The van der Waals surface area contributed by atoms with Crippen LogP contribution in [0.25, 0.3) is 38.8 Å². The number of hydrogen-bond acceptors (Lipinski definition) is 4. The number of aromatic nitrogens is 2. The number of fused-ring (bicyclic) bond motifs is 5. The lowest BCUT2D eigenvalue weighted by Crippen LogP contribution is -2.38. The summed E-state index contributed by atoms with van der Waals surface area (Å²) in [7, 11) is 0. The van der Waals surface area contributed by atoms with E-state index < -0.39 is 5.60 Å². The van der Waals surface area contributed by atoms with Gasteiger partial charge in [0, 0.05) is 45.5 Å². The van der Waals surface area contributed by atoms with Gasteiger partial charge in [0.1, 0.15) is 29.0 Å². The molecule has 0 aliphatic carbocycles. The fourth-order valence-electron chi connectivity index (χ4n) is 9.25. The summed E-state index contributed by atoms with van der Waals surface area (Å²) in [6.07, 6.45) is 1.90. The number of nitrogens with zero attached hydrogens (tertiary/aromatic N) is 3. The Kier molecular flexibility index (Phi) is 8.02. The van der Waals surface area contributed by atoms with E-state index in [0.717, 1.165) is 45.1 Å². The molecular formula is C52H45N3O2. The highest BCUT2D eigenvalue weighted by Crippen LogP contribution is 2.49. The van der Waals surface area contributed by atoms with Crippen molar-refractivity contribution in [3.8, 4) is 28.4 Å². The van der Waals surface area contributed by atoms with Crippen LogP contribution < -0.4 is 4.74 Å². The molecule has 0 radical (unpaired) electrons. The fraction of sp³-hybridized carbons (Fsp3) is 0.192. The number of aryl methyl sites for hydroxylation is 2. The number of aliphatic imine (C=N–C) groups is 1. The van der Waals surface area contributed by atoms with Gasteiger partial charge >= 0.3 is 0 Å². The fourth-order valence-corrected chi connectivity index (χ4v) is 9.25. The average molecular weight is 744 g/mol. The van der Waals surface area contributed by atoms with E-state index in [2.05, 4.69) is 180 Å². The highest BCUT2D eigenvalue weighted by molar-refractivity contribution is 6.12. The Bertz CT molecular complexity index is 2830.